The lowest BCUT2D eigenvalue weighted by Gasteiger charge is -2.48. The van der Waals surface area contributed by atoms with Crippen LogP contribution in [0.3, 0.4) is 0 Å². The highest BCUT2D eigenvalue weighted by Crippen LogP contribution is 2.46. The summed E-state index contributed by atoms with van der Waals surface area (Å²) in [5, 5.41) is 50.4. The van der Waals surface area contributed by atoms with E-state index in [9.17, 15) is 47.9 Å². The van der Waals surface area contributed by atoms with Gasteiger partial charge in [-0.15, -0.1) is 0 Å². The molecule has 0 spiro atoms. The molecule has 2 fully saturated rings. The predicted molar refractivity (Wildman–Crippen MR) is 172 cm³/mol. The molecule has 2 aliphatic rings. The molecule has 2 heterocycles. The molecule has 2 aliphatic heterocycles. The third-order valence-corrected chi connectivity index (χ3v) is 8.98. The van der Waals surface area contributed by atoms with Crippen LogP contribution in [0.4, 0.5) is 10.1 Å². The molecule has 260 valence electrons. The van der Waals surface area contributed by atoms with Gasteiger partial charge in [0.15, 0.2) is 6.10 Å². The van der Waals surface area contributed by atoms with Crippen molar-refractivity contribution in [1.82, 2.24) is 4.72 Å². The van der Waals surface area contributed by atoms with Crippen molar-refractivity contribution in [3.63, 3.8) is 0 Å². The second-order valence-corrected chi connectivity index (χ2v) is 13.6. The van der Waals surface area contributed by atoms with Crippen LogP contribution in [0.2, 0.25) is 0 Å². The maximum atomic E-state index is 13.6. The second-order valence-electron chi connectivity index (χ2n) is 11.8. The van der Waals surface area contributed by atoms with Gasteiger partial charge in [0.25, 0.3) is 0 Å². The van der Waals surface area contributed by atoms with Gasteiger partial charge in [-0.1, -0.05) is 36.1 Å². The number of carbonyl (C=O) groups excluding carboxylic acids is 1. The van der Waals surface area contributed by atoms with Gasteiger partial charge in [-0.2, -0.15) is 0 Å². The highest BCUT2D eigenvalue weighted by atomic mass is 32.2. The van der Waals surface area contributed by atoms with Gasteiger partial charge < -0.3 is 39.9 Å². The lowest BCUT2D eigenvalue weighted by molar-refractivity contribution is -0.271. The van der Waals surface area contributed by atoms with Crippen molar-refractivity contribution in [2.45, 2.75) is 55.7 Å². The number of β-lactam (4-membered cyclic amide) rings is 1. The number of aliphatic hydroxyl groups excluding tert-OH is 4. The molecule has 3 aromatic carbocycles. The Balaban J connectivity index is 1.35. The van der Waals surface area contributed by atoms with E-state index >= 15 is 0 Å². The number of rotatable bonds is 11. The number of aliphatic hydroxyl groups is 4. The first-order chi connectivity index (χ1) is 23.2. The molecule has 13 nitrogen and oxygen atoms in total. The summed E-state index contributed by atoms with van der Waals surface area (Å²) in [5.41, 5.74) is 2.37. The number of carbonyl (C=O) groups is 2. The molecule has 8 atom stereocenters. The van der Waals surface area contributed by atoms with Crippen LogP contribution < -0.4 is 14.4 Å². The summed E-state index contributed by atoms with van der Waals surface area (Å²) in [5.74, 6) is 3.01. The van der Waals surface area contributed by atoms with Gasteiger partial charge in [0.05, 0.1) is 30.9 Å². The lowest BCUT2D eigenvalue weighted by Crippen LogP contribution is -2.61. The summed E-state index contributed by atoms with van der Waals surface area (Å²) in [6.45, 7) is -0.0626. The first-order valence-electron chi connectivity index (χ1n) is 15.2. The van der Waals surface area contributed by atoms with E-state index in [1.807, 2.05) is 0 Å². The van der Waals surface area contributed by atoms with E-state index in [0.29, 0.717) is 28.8 Å². The standard InChI is InChI=1S/C34H35FN2O11S/c1-49(45,46)36-18-2-3-19-4-12-23(13-5-19)37-27(25(32(37)42)16-17-26(38)20-6-10-22(35)11-7-20)21-8-14-24(15-9-21)47-34-30(41)28(39)29(40)31(48-34)33(43)44/h4-15,25-31,34,36,38-41H,16-18H2,1H3,(H,43,44)/t25?,26-,27+,28-,29-,30+,31-,34+/m0/s1. The number of benzene rings is 3. The van der Waals surface area contributed by atoms with E-state index in [-0.39, 0.29) is 24.6 Å². The second kappa shape index (κ2) is 15.0. The van der Waals surface area contributed by atoms with E-state index < -0.39 is 70.6 Å². The molecular formula is C34H35FN2O11S. The van der Waals surface area contributed by atoms with Crippen LogP contribution in [0.25, 0.3) is 0 Å². The summed E-state index contributed by atoms with van der Waals surface area (Å²) in [4.78, 5) is 26.6. The van der Waals surface area contributed by atoms with Gasteiger partial charge in [-0.25, -0.2) is 22.3 Å². The quantitative estimate of drug-likeness (QED) is 0.124. The van der Waals surface area contributed by atoms with E-state index in [1.165, 1.54) is 36.4 Å². The van der Waals surface area contributed by atoms with Crippen LogP contribution in [0, 0.1) is 23.6 Å². The number of aliphatic carboxylic acids is 1. The number of anilines is 1. The van der Waals surface area contributed by atoms with Gasteiger partial charge >= 0.3 is 5.97 Å². The molecule has 2 saturated heterocycles. The summed E-state index contributed by atoms with van der Waals surface area (Å²) >= 11 is 0. The van der Waals surface area contributed by atoms with E-state index in [2.05, 4.69) is 16.6 Å². The highest BCUT2D eigenvalue weighted by Gasteiger charge is 2.49. The van der Waals surface area contributed by atoms with Gasteiger partial charge in [0.2, 0.25) is 22.2 Å². The molecule has 1 amide bonds. The number of nitrogens with one attached hydrogen (secondary N) is 1. The average Bonchev–Trinajstić information content (AvgIpc) is 3.06. The number of hydrogen-bond acceptors (Lipinski definition) is 10. The smallest absolute Gasteiger partial charge is 0.335 e. The van der Waals surface area contributed by atoms with Crippen LogP contribution in [-0.4, -0.2) is 89.3 Å². The molecule has 0 saturated carbocycles. The summed E-state index contributed by atoms with van der Waals surface area (Å²) in [7, 11) is -3.38. The number of sulfonamides is 1. The lowest BCUT2D eigenvalue weighted by atomic mass is 9.78. The maximum absolute atomic E-state index is 13.6. The zero-order valence-electron chi connectivity index (χ0n) is 26.1. The van der Waals surface area contributed by atoms with E-state index in [4.69, 9.17) is 9.47 Å². The largest absolute Gasteiger partial charge is 0.479 e. The fraction of sp³-hybridized carbons (Fsp3) is 0.353. The van der Waals surface area contributed by atoms with Crippen molar-refractivity contribution in [3.8, 4) is 17.6 Å². The summed E-state index contributed by atoms with van der Waals surface area (Å²) in [6.07, 6.45) is -8.25. The Kier molecular flexibility index (Phi) is 11.0. The van der Waals surface area contributed by atoms with Crippen molar-refractivity contribution in [3.05, 3.63) is 95.3 Å². The zero-order chi connectivity index (χ0) is 35.5. The molecule has 6 N–H and O–H groups in total. The third kappa shape index (κ3) is 8.43. The molecule has 0 radical (unpaired) electrons. The minimum atomic E-state index is -3.38. The number of carboxylic acids is 1. The van der Waals surface area contributed by atoms with Gasteiger partial charge in [0, 0.05) is 11.3 Å². The van der Waals surface area contributed by atoms with Gasteiger partial charge in [-0.3, -0.25) is 4.79 Å². The van der Waals surface area contributed by atoms with Crippen molar-refractivity contribution in [2.75, 3.05) is 17.7 Å². The predicted octanol–water partition coefficient (Wildman–Crippen LogP) is 1.22. The fourth-order valence-electron chi connectivity index (χ4n) is 5.73. The zero-order valence-corrected chi connectivity index (χ0v) is 26.9. The number of nitrogens with zero attached hydrogens (tertiary/aromatic N) is 1. The van der Waals surface area contributed by atoms with Crippen LogP contribution in [0.1, 0.15) is 41.7 Å². The van der Waals surface area contributed by atoms with Crippen LogP contribution >= 0.6 is 0 Å². The number of amides is 1. The fourth-order valence-corrected chi connectivity index (χ4v) is 6.07. The van der Waals surface area contributed by atoms with Crippen molar-refractivity contribution >= 4 is 27.6 Å². The number of ether oxygens (including phenoxy) is 2. The Morgan fingerprint density at radius 3 is 2.27 bits per heavy atom. The number of carboxylic acid groups (broad SMARTS) is 1. The van der Waals surface area contributed by atoms with Crippen LogP contribution in [0.15, 0.2) is 72.8 Å². The Bertz CT molecular complexity index is 1810. The van der Waals surface area contributed by atoms with E-state index in [0.717, 1.165) is 6.26 Å². The number of halogens is 1. The summed E-state index contributed by atoms with van der Waals surface area (Å²) in [6, 6.07) is 18.2. The molecule has 49 heavy (non-hydrogen) atoms. The SMILES string of the molecule is CS(=O)(=O)NCC#Cc1ccc(N2C(=O)C(CC[C@H](O)c3ccc(F)cc3)[C@H]2c2ccc(O[C@@H]3O[C@H](C(=O)O)[C@@H](O)[C@H](O)[C@H]3O)cc2)cc1. The molecule has 3 aromatic rings. The third-order valence-electron chi connectivity index (χ3n) is 8.31. The molecule has 1 unspecified atom stereocenters. The molecule has 15 heteroatoms. The van der Waals surface area contributed by atoms with Crippen molar-refractivity contribution in [1.29, 1.82) is 0 Å². The molecule has 0 bridgehead atoms. The first kappa shape index (κ1) is 35.9. The van der Waals surface area contributed by atoms with Gasteiger partial charge in [0.1, 0.15) is 29.9 Å². The van der Waals surface area contributed by atoms with Crippen LogP contribution in [-0.2, 0) is 24.3 Å². The molecule has 5 rings (SSSR count). The topological polar surface area (TPSA) is 203 Å². The number of hydrogen-bond donors (Lipinski definition) is 6. The first-order valence-corrected chi connectivity index (χ1v) is 17.1. The van der Waals surface area contributed by atoms with E-state index in [1.54, 1.807) is 41.3 Å². The molecule has 0 aromatic heterocycles. The van der Waals surface area contributed by atoms with Crippen molar-refractivity contribution in [2.24, 2.45) is 5.92 Å². The monoisotopic (exact) mass is 698 g/mol. The molecular weight excluding hydrogens is 663 g/mol. The van der Waals surface area contributed by atoms with Crippen LogP contribution in [0.5, 0.6) is 5.75 Å². The molecule has 0 aliphatic carbocycles. The highest BCUT2D eigenvalue weighted by molar-refractivity contribution is 7.88. The normalized spacial score (nSPS) is 25.9. The maximum Gasteiger partial charge on any atom is 0.335 e. The minimum Gasteiger partial charge on any atom is -0.479 e. The van der Waals surface area contributed by atoms with Crippen molar-refractivity contribution < 1.29 is 57.4 Å². The summed E-state index contributed by atoms with van der Waals surface area (Å²) < 4.78 is 49.0. The Morgan fingerprint density at radius 2 is 1.65 bits per heavy atom. The van der Waals surface area contributed by atoms with Gasteiger partial charge in [-0.05, 0) is 72.5 Å². The minimum absolute atomic E-state index is 0.0626. The average molecular weight is 699 g/mol. The Labute approximate surface area is 281 Å². The Morgan fingerprint density at radius 1 is 1.00 bits per heavy atom. The Hall–Kier alpha value is -4.40.